The van der Waals surface area contributed by atoms with Crippen molar-refractivity contribution in [2.75, 3.05) is 64.5 Å². The third-order valence-electron chi connectivity index (χ3n) is 7.80. The zero-order chi connectivity index (χ0) is 28.0. The smallest absolute Gasteiger partial charge is 0.296 e. The van der Waals surface area contributed by atoms with Gasteiger partial charge in [0.05, 0.1) is 37.1 Å². The van der Waals surface area contributed by atoms with Gasteiger partial charge in [-0.15, -0.1) is 0 Å². The molecular weight excluding hydrogens is 518 g/mol. The summed E-state index contributed by atoms with van der Waals surface area (Å²) >= 11 is 0. The molecule has 0 unspecified atom stereocenters. The van der Waals surface area contributed by atoms with Gasteiger partial charge in [0, 0.05) is 69.6 Å². The van der Waals surface area contributed by atoms with Crippen LogP contribution in [-0.4, -0.2) is 99.1 Å². The molecule has 2 aliphatic rings. The van der Waals surface area contributed by atoms with Crippen LogP contribution in [0.4, 0.5) is 14.6 Å². The van der Waals surface area contributed by atoms with Crippen LogP contribution in [0.2, 0.25) is 0 Å². The molecule has 1 aromatic carbocycles. The fourth-order valence-electron chi connectivity index (χ4n) is 5.60. The number of ether oxygens (including phenoxy) is 2. The number of morpholine rings is 1. The van der Waals surface area contributed by atoms with Gasteiger partial charge in [-0.25, -0.2) is 18.7 Å². The molecular formula is C28H36F2N8O2. The van der Waals surface area contributed by atoms with E-state index in [-0.39, 0.29) is 11.4 Å². The number of anilines is 1. The topological polar surface area (TPSA) is 76.2 Å². The summed E-state index contributed by atoms with van der Waals surface area (Å²) in [5.41, 5.74) is 2.63. The molecule has 0 radical (unpaired) electrons. The van der Waals surface area contributed by atoms with Crippen LogP contribution in [0.15, 0.2) is 30.3 Å². The third kappa shape index (κ3) is 5.11. The number of rotatable bonds is 6. The fraction of sp³-hybridized carbons (Fsp3) is 0.536. The summed E-state index contributed by atoms with van der Waals surface area (Å²) in [7, 11) is 1.54. The Hall–Kier alpha value is -3.35. The number of benzene rings is 1. The summed E-state index contributed by atoms with van der Waals surface area (Å²) < 4.78 is 42.7. The van der Waals surface area contributed by atoms with Crippen molar-refractivity contribution in [3.8, 4) is 11.6 Å². The summed E-state index contributed by atoms with van der Waals surface area (Å²) in [6.07, 6.45) is -2.78. The van der Waals surface area contributed by atoms with Crippen LogP contribution in [0, 0.1) is 0 Å². The second-order valence-corrected chi connectivity index (χ2v) is 11.4. The predicted octanol–water partition coefficient (Wildman–Crippen LogP) is 3.77. The molecule has 10 nitrogen and oxygen atoms in total. The summed E-state index contributed by atoms with van der Waals surface area (Å²) in [5, 5.41) is 4.94. The normalized spacial score (nSPS) is 17.9. The number of methoxy groups -OCH3 is 1. The molecule has 0 spiro atoms. The van der Waals surface area contributed by atoms with Crippen LogP contribution in [0.1, 0.15) is 38.7 Å². The SMILES string of the molecule is COc1ccc2c(c1)nc(C(F)F)n2-c1cc(N2CCOCC2)n2nc(CN3CCN(C(C)(C)C)CC3)cc2n1. The summed E-state index contributed by atoms with van der Waals surface area (Å²) in [5.74, 6) is 1.37. The Balaban J connectivity index is 1.40. The van der Waals surface area contributed by atoms with E-state index >= 15 is 0 Å². The van der Waals surface area contributed by atoms with Gasteiger partial charge in [0.25, 0.3) is 6.43 Å². The lowest BCUT2D eigenvalue weighted by atomic mass is 10.0. The van der Waals surface area contributed by atoms with Gasteiger partial charge in [-0.3, -0.25) is 14.4 Å². The van der Waals surface area contributed by atoms with Crippen molar-refractivity contribution in [2.24, 2.45) is 0 Å². The van der Waals surface area contributed by atoms with Crippen LogP contribution in [-0.2, 0) is 11.3 Å². The van der Waals surface area contributed by atoms with E-state index in [1.807, 2.05) is 16.6 Å². The maximum atomic E-state index is 14.3. The lowest BCUT2D eigenvalue weighted by molar-refractivity contribution is 0.0585. The molecule has 12 heteroatoms. The molecule has 4 aromatic rings. The van der Waals surface area contributed by atoms with Crippen LogP contribution in [0.3, 0.4) is 0 Å². The van der Waals surface area contributed by atoms with Gasteiger partial charge in [-0.2, -0.15) is 9.61 Å². The average molecular weight is 555 g/mol. The van der Waals surface area contributed by atoms with Crippen molar-refractivity contribution in [3.05, 3.63) is 41.9 Å². The van der Waals surface area contributed by atoms with E-state index in [1.54, 1.807) is 18.2 Å². The van der Waals surface area contributed by atoms with Crippen molar-refractivity contribution >= 4 is 22.5 Å². The molecule has 2 aliphatic heterocycles. The van der Waals surface area contributed by atoms with Crippen LogP contribution < -0.4 is 9.64 Å². The molecule has 5 heterocycles. The standard InChI is InChI=1S/C28H36F2N8O2/c1-28(2,3)36-9-7-34(8-10-36)18-19-15-24-32-23(17-25(38(24)33-19)35-11-13-40-14-12-35)37-22-6-5-20(39-4)16-21(22)31-27(37)26(29)30/h5-6,15-17,26H,7-14,18H2,1-4H3. The molecule has 0 atom stereocenters. The molecule has 0 N–H and O–H groups in total. The number of halogens is 2. The van der Waals surface area contributed by atoms with Crippen molar-refractivity contribution < 1.29 is 18.3 Å². The maximum Gasteiger partial charge on any atom is 0.296 e. The van der Waals surface area contributed by atoms with Crippen molar-refractivity contribution in [1.82, 2.24) is 33.9 Å². The monoisotopic (exact) mass is 554 g/mol. The van der Waals surface area contributed by atoms with Crippen LogP contribution >= 0.6 is 0 Å². The highest BCUT2D eigenvalue weighted by Crippen LogP contribution is 2.31. The second kappa shape index (κ2) is 10.6. The Morgan fingerprint density at radius 2 is 1.73 bits per heavy atom. The van der Waals surface area contributed by atoms with Gasteiger partial charge in [-0.05, 0) is 32.9 Å². The minimum absolute atomic E-state index is 0.155. The highest BCUT2D eigenvalue weighted by atomic mass is 19.3. The number of nitrogens with zero attached hydrogens (tertiary/aromatic N) is 8. The summed E-state index contributed by atoms with van der Waals surface area (Å²) in [6.45, 7) is 13.9. The first-order valence-corrected chi connectivity index (χ1v) is 13.8. The van der Waals surface area contributed by atoms with E-state index in [2.05, 4.69) is 40.5 Å². The molecule has 0 aliphatic carbocycles. The van der Waals surface area contributed by atoms with Crippen molar-refractivity contribution in [1.29, 1.82) is 0 Å². The van der Waals surface area contributed by atoms with E-state index < -0.39 is 6.43 Å². The average Bonchev–Trinajstić information content (AvgIpc) is 3.53. The van der Waals surface area contributed by atoms with Crippen molar-refractivity contribution in [3.63, 3.8) is 0 Å². The van der Waals surface area contributed by atoms with E-state index in [0.717, 1.165) is 37.7 Å². The molecule has 40 heavy (non-hydrogen) atoms. The molecule has 0 amide bonds. The number of hydrogen-bond acceptors (Lipinski definition) is 8. The van der Waals surface area contributed by atoms with E-state index in [9.17, 15) is 8.78 Å². The molecule has 214 valence electrons. The van der Waals surface area contributed by atoms with Gasteiger partial charge < -0.3 is 14.4 Å². The number of hydrogen-bond donors (Lipinski definition) is 0. The van der Waals surface area contributed by atoms with E-state index in [4.69, 9.17) is 19.6 Å². The van der Waals surface area contributed by atoms with Crippen LogP contribution in [0.5, 0.6) is 5.75 Å². The molecule has 2 fully saturated rings. The predicted molar refractivity (Wildman–Crippen MR) is 149 cm³/mol. The first-order chi connectivity index (χ1) is 19.2. The largest absolute Gasteiger partial charge is 0.497 e. The van der Waals surface area contributed by atoms with Gasteiger partial charge >= 0.3 is 0 Å². The third-order valence-corrected chi connectivity index (χ3v) is 7.80. The number of piperazine rings is 1. The first-order valence-electron chi connectivity index (χ1n) is 13.8. The number of alkyl halides is 2. The minimum atomic E-state index is -2.78. The number of aromatic nitrogens is 5. The molecule has 0 saturated carbocycles. The van der Waals surface area contributed by atoms with E-state index in [1.165, 1.54) is 11.7 Å². The van der Waals surface area contributed by atoms with Gasteiger partial charge in [-0.1, -0.05) is 0 Å². The lowest BCUT2D eigenvalue weighted by Gasteiger charge is -2.42. The lowest BCUT2D eigenvalue weighted by Crippen LogP contribution is -2.53. The van der Waals surface area contributed by atoms with Gasteiger partial charge in [0.2, 0.25) is 0 Å². The number of imidazole rings is 1. The highest BCUT2D eigenvalue weighted by Gasteiger charge is 2.27. The Labute approximate surface area is 232 Å². The molecule has 6 rings (SSSR count). The minimum Gasteiger partial charge on any atom is -0.497 e. The van der Waals surface area contributed by atoms with Crippen molar-refractivity contribution in [2.45, 2.75) is 39.3 Å². The fourth-order valence-corrected chi connectivity index (χ4v) is 5.60. The molecule has 2 saturated heterocycles. The van der Waals surface area contributed by atoms with Crippen LogP contribution in [0.25, 0.3) is 22.5 Å². The second-order valence-electron chi connectivity index (χ2n) is 11.4. The molecule has 3 aromatic heterocycles. The first kappa shape index (κ1) is 26.9. The molecule has 0 bridgehead atoms. The summed E-state index contributed by atoms with van der Waals surface area (Å²) in [4.78, 5) is 16.2. The quantitative estimate of drug-likeness (QED) is 0.357. The Bertz CT molecular complexity index is 1500. The zero-order valence-corrected chi connectivity index (χ0v) is 23.5. The maximum absolute atomic E-state index is 14.3. The zero-order valence-electron chi connectivity index (χ0n) is 23.5. The Morgan fingerprint density at radius 1 is 0.975 bits per heavy atom. The van der Waals surface area contributed by atoms with Gasteiger partial charge in [0.1, 0.15) is 17.4 Å². The number of fused-ring (bicyclic) bond motifs is 2. The Morgan fingerprint density at radius 3 is 2.40 bits per heavy atom. The van der Waals surface area contributed by atoms with Gasteiger partial charge in [0.15, 0.2) is 11.5 Å². The Kier molecular flexibility index (Phi) is 7.09. The summed E-state index contributed by atoms with van der Waals surface area (Å²) in [6, 6.07) is 8.94. The highest BCUT2D eigenvalue weighted by molar-refractivity contribution is 5.80. The van der Waals surface area contributed by atoms with E-state index in [0.29, 0.717) is 61.1 Å².